The number of thiophene rings is 1. The van der Waals surface area contributed by atoms with Crippen molar-refractivity contribution >= 4 is 11.3 Å². The van der Waals surface area contributed by atoms with Gasteiger partial charge in [0.2, 0.25) is 0 Å². The van der Waals surface area contributed by atoms with Gasteiger partial charge in [0, 0.05) is 23.4 Å². The molecule has 1 aromatic heterocycles. The molecule has 0 bridgehead atoms. The molecular formula is C12H17NS. The highest BCUT2D eigenvalue weighted by atomic mass is 32.1. The molecule has 1 nitrogen and oxygen atoms in total. The summed E-state index contributed by atoms with van der Waals surface area (Å²) in [5.41, 5.74) is 0. The molecule has 1 rings (SSSR count). The number of nitrogens with one attached hydrogen (secondary N) is 1. The topological polar surface area (TPSA) is 12.0 Å². The van der Waals surface area contributed by atoms with Crippen molar-refractivity contribution in [2.75, 3.05) is 0 Å². The highest BCUT2D eigenvalue weighted by Crippen LogP contribution is 2.22. The molecule has 0 spiro atoms. The summed E-state index contributed by atoms with van der Waals surface area (Å²) >= 11 is 1.80. The van der Waals surface area contributed by atoms with E-state index in [1.54, 1.807) is 11.3 Å². The smallest absolute Gasteiger partial charge is 0.0414 e. The molecule has 0 fully saturated rings. The second kappa shape index (κ2) is 5.85. The van der Waals surface area contributed by atoms with Crippen LogP contribution in [0.4, 0.5) is 0 Å². The lowest BCUT2D eigenvalue weighted by Crippen LogP contribution is -2.29. The van der Waals surface area contributed by atoms with Crippen LogP contribution in [-0.4, -0.2) is 6.04 Å². The fourth-order valence-electron chi connectivity index (χ4n) is 1.47. The van der Waals surface area contributed by atoms with Crippen LogP contribution in [0.25, 0.3) is 0 Å². The lowest BCUT2D eigenvalue weighted by atomic mass is 10.1. The summed E-state index contributed by atoms with van der Waals surface area (Å²) in [7, 11) is 0. The van der Waals surface area contributed by atoms with Crippen LogP contribution in [0.1, 0.15) is 37.6 Å². The van der Waals surface area contributed by atoms with E-state index < -0.39 is 0 Å². The Morgan fingerprint density at radius 2 is 2.43 bits per heavy atom. The van der Waals surface area contributed by atoms with E-state index in [4.69, 9.17) is 6.42 Å². The van der Waals surface area contributed by atoms with Crippen LogP contribution in [0.2, 0.25) is 0 Å². The normalized spacial score (nSPS) is 14.6. The fraction of sp³-hybridized carbons (Fsp3) is 0.500. The van der Waals surface area contributed by atoms with Gasteiger partial charge in [0.25, 0.3) is 0 Å². The predicted octanol–water partition coefficient (Wildman–Crippen LogP) is 3.20. The minimum absolute atomic E-state index is 0.395. The Labute approximate surface area is 90.5 Å². The van der Waals surface area contributed by atoms with E-state index in [1.807, 2.05) is 0 Å². The molecule has 1 N–H and O–H groups in total. The predicted molar refractivity (Wildman–Crippen MR) is 63.4 cm³/mol. The molecule has 1 aromatic rings. The highest BCUT2D eigenvalue weighted by Gasteiger charge is 2.12. The summed E-state index contributed by atoms with van der Waals surface area (Å²) in [5, 5.41) is 5.65. The monoisotopic (exact) mass is 207 g/mol. The Bertz CT molecular complexity index is 284. The number of rotatable bonds is 5. The molecule has 14 heavy (non-hydrogen) atoms. The first kappa shape index (κ1) is 11.3. The molecule has 0 aliphatic rings. The number of hydrogen-bond donors (Lipinski definition) is 1. The fourth-order valence-corrected chi connectivity index (χ4v) is 2.34. The van der Waals surface area contributed by atoms with Crippen molar-refractivity contribution in [3.05, 3.63) is 22.4 Å². The van der Waals surface area contributed by atoms with Gasteiger partial charge in [0.1, 0.15) is 0 Å². The zero-order valence-corrected chi connectivity index (χ0v) is 9.60. The van der Waals surface area contributed by atoms with Crippen molar-refractivity contribution in [2.24, 2.45) is 0 Å². The molecule has 0 amide bonds. The summed E-state index contributed by atoms with van der Waals surface area (Å²) in [4.78, 5) is 1.40. The third kappa shape index (κ3) is 3.17. The Kier molecular flexibility index (Phi) is 4.72. The summed E-state index contributed by atoms with van der Waals surface area (Å²) in [6.07, 6.45) is 7.18. The van der Waals surface area contributed by atoms with E-state index in [1.165, 1.54) is 4.88 Å². The maximum atomic E-state index is 5.28. The van der Waals surface area contributed by atoms with E-state index in [0.717, 1.165) is 12.8 Å². The van der Waals surface area contributed by atoms with Crippen molar-refractivity contribution in [3.63, 3.8) is 0 Å². The van der Waals surface area contributed by atoms with Gasteiger partial charge >= 0.3 is 0 Å². The van der Waals surface area contributed by atoms with Gasteiger partial charge in [-0.05, 0) is 24.8 Å². The van der Waals surface area contributed by atoms with Gasteiger partial charge in [-0.25, -0.2) is 0 Å². The SMILES string of the molecule is C#CCC(C)NC(CC)c1cccs1. The molecule has 0 aromatic carbocycles. The standard InChI is InChI=1S/C12H17NS/c1-4-7-10(3)13-11(5-2)12-8-6-9-14-12/h1,6,8-11,13H,5,7H2,2-3H3. The van der Waals surface area contributed by atoms with Crippen LogP contribution in [0.15, 0.2) is 17.5 Å². The largest absolute Gasteiger partial charge is 0.306 e. The van der Waals surface area contributed by atoms with Crippen LogP contribution in [-0.2, 0) is 0 Å². The summed E-state index contributed by atoms with van der Waals surface area (Å²) in [6, 6.07) is 5.12. The molecule has 76 valence electrons. The van der Waals surface area contributed by atoms with E-state index >= 15 is 0 Å². The first-order chi connectivity index (χ1) is 6.77. The summed E-state index contributed by atoms with van der Waals surface area (Å²) in [5.74, 6) is 2.68. The third-order valence-electron chi connectivity index (χ3n) is 2.20. The first-order valence-corrected chi connectivity index (χ1v) is 5.88. The molecule has 2 unspecified atom stereocenters. The Hall–Kier alpha value is -0.780. The maximum absolute atomic E-state index is 5.28. The zero-order valence-electron chi connectivity index (χ0n) is 8.79. The van der Waals surface area contributed by atoms with Crippen LogP contribution in [0, 0.1) is 12.3 Å². The minimum Gasteiger partial charge on any atom is -0.306 e. The minimum atomic E-state index is 0.395. The molecule has 0 aliphatic heterocycles. The average Bonchev–Trinajstić information content (AvgIpc) is 2.67. The average molecular weight is 207 g/mol. The molecule has 2 heteroatoms. The van der Waals surface area contributed by atoms with Crippen LogP contribution in [0.5, 0.6) is 0 Å². The third-order valence-corrected chi connectivity index (χ3v) is 3.19. The maximum Gasteiger partial charge on any atom is 0.0414 e. The van der Waals surface area contributed by atoms with Crippen molar-refractivity contribution < 1.29 is 0 Å². The molecule has 0 saturated carbocycles. The Balaban J connectivity index is 2.52. The van der Waals surface area contributed by atoms with Crippen molar-refractivity contribution in [2.45, 2.75) is 38.8 Å². The summed E-state index contributed by atoms with van der Waals surface area (Å²) in [6.45, 7) is 4.33. The van der Waals surface area contributed by atoms with E-state index in [2.05, 4.69) is 42.6 Å². The van der Waals surface area contributed by atoms with Gasteiger partial charge < -0.3 is 5.32 Å². The van der Waals surface area contributed by atoms with Crippen molar-refractivity contribution in [1.82, 2.24) is 5.32 Å². The lowest BCUT2D eigenvalue weighted by Gasteiger charge is -2.19. The van der Waals surface area contributed by atoms with Crippen LogP contribution >= 0.6 is 11.3 Å². The molecule has 2 atom stereocenters. The van der Waals surface area contributed by atoms with Crippen LogP contribution < -0.4 is 5.32 Å². The Morgan fingerprint density at radius 3 is 2.93 bits per heavy atom. The molecule has 1 heterocycles. The lowest BCUT2D eigenvalue weighted by molar-refractivity contribution is 0.456. The molecule has 0 radical (unpaired) electrons. The van der Waals surface area contributed by atoms with Crippen LogP contribution in [0.3, 0.4) is 0 Å². The van der Waals surface area contributed by atoms with Gasteiger partial charge in [0.15, 0.2) is 0 Å². The van der Waals surface area contributed by atoms with Gasteiger partial charge in [-0.1, -0.05) is 13.0 Å². The van der Waals surface area contributed by atoms with Gasteiger partial charge in [-0.2, -0.15) is 0 Å². The van der Waals surface area contributed by atoms with Gasteiger partial charge in [-0.3, -0.25) is 0 Å². The molecule has 0 saturated heterocycles. The van der Waals surface area contributed by atoms with Gasteiger partial charge in [-0.15, -0.1) is 23.7 Å². The molecule has 0 aliphatic carbocycles. The molecular weight excluding hydrogens is 190 g/mol. The zero-order chi connectivity index (χ0) is 10.4. The van der Waals surface area contributed by atoms with E-state index in [0.29, 0.717) is 12.1 Å². The quantitative estimate of drug-likeness (QED) is 0.731. The van der Waals surface area contributed by atoms with E-state index in [9.17, 15) is 0 Å². The van der Waals surface area contributed by atoms with Crippen molar-refractivity contribution in [3.8, 4) is 12.3 Å². The first-order valence-electron chi connectivity index (χ1n) is 5.00. The Morgan fingerprint density at radius 1 is 1.64 bits per heavy atom. The van der Waals surface area contributed by atoms with E-state index in [-0.39, 0.29) is 0 Å². The number of hydrogen-bond acceptors (Lipinski definition) is 2. The van der Waals surface area contributed by atoms with Gasteiger partial charge in [0.05, 0.1) is 0 Å². The number of terminal acetylenes is 1. The summed E-state index contributed by atoms with van der Waals surface area (Å²) < 4.78 is 0. The van der Waals surface area contributed by atoms with Crippen molar-refractivity contribution in [1.29, 1.82) is 0 Å². The second-order valence-electron chi connectivity index (χ2n) is 3.45. The highest BCUT2D eigenvalue weighted by molar-refractivity contribution is 7.10. The second-order valence-corrected chi connectivity index (χ2v) is 4.43.